The van der Waals surface area contributed by atoms with Crippen molar-refractivity contribution in [1.29, 1.82) is 0 Å². The zero-order valence-corrected chi connectivity index (χ0v) is 16.9. The number of imide groups is 1. The van der Waals surface area contributed by atoms with Gasteiger partial charge in [0.05, 0.1) is 6.04 Å². The first-order valence-corrected chi connectivity index (χ1v) is 10.9. The minimum absolute atomic E-state index is 0.341. The number of benzene rings is 2. The number of fused-ring (bicyclic) bond motifs is 3. The van der Waals surface area contributed by atoms with E-state index in [4.69, 9.17) is 0 Å². The number of nitrogens with zero attached hydrogens (tertiary/aromatic N) is 1. The van der Waals surface area contributed by atoms with E-state index >= 15 is 0 Å². The summed E-state index contributed by atoms with van der Waals surface area (Å²) in [5.41, 5.74) is 1.50. The number of halogens is 1. The van der Waals surface area contributed by atoms with Gasteiger partial charge in [0.15, 0.2) is 0 Å². The van der Waals surface area contributed by atoms with Gasteiger partial charge in [0, 0.05) is 10.6 Å². The van der Waals surface area contributed by atoms with Crippen LogP contribution < -0.4 is 10.6 Å². The smallest absolute Gasteiger partial charge is 0.325 e. The maximum Gasteiger partial charge on any atom is 0.325 e. The highest BCUT2D eigenvalue weighted by Gasteiger charge is 2.55. The molecule has 0 radical (unpaired) electrons. The lowest BCUT2D eigenvalue weighted by Crippen LogP contribution is -2.44. The Morgan fingerprint density at radius 3 is 2.97 bits per heavy atom. The average molecular weight is 425 g/mol. The lowest BCUT2D eigenvalue weighted by molar-refractivity contribution is -0.135. The minimum Gasteiger partial charge on any atom is -0.348 e. The summed E-state index contributed by atoms with van der Waals surface area (Å²) in [5.74, 6) is -0.384. The zero-order valence-electron chi connectivity index (χ0n) is 16.1. The summed E-state index contributed by atoms with van der Waals surface area (Å²) in [6, 6.07) is 11.2. The van der Waals surface area contributed by atoms with Gasteiger partial charge in [-0.15, -0.1) is 11.8 Å². The molecule has 5 rings (SSSR count). The number of thioether (sulfide) groups is 1. The standard InChI is InChI=1S/C22H20FN3O3S/c23-14-5-6-18-15(11-14)17(8-10-30-18)24-19(27)12-26-20(28)22(25-21(26)29)9-7-13-3-1-2-4-16(13)22/h1-6,11,17H,7-10,12H2,(H,24,27)(H,25,29). The number of hydrogen-bond donors (Lipinski definition) is 2. The van der Waals surface area contributed by atoms with E-state index in [2.05, 4.69) is 10.6 Å². The molecular weight excluding hydrogens is 405 g/mol. The third-order valence-corrected chi connectivity index (χ3v) is 7.19. The molecule has 30 heavy (non-hydrogen) atoms. The molecule has 0 bridgehead atoms. The number of hydrogen-bond acceptors (Lipinski definition) is 4. The first-order chi connectivity index (χ1) is 14.5. The van der Waals surface area contributed by atoms with Crippen LogP contribution in [0, 0.1) is 5.82 Å². The van der Waals surface area contributed by atoms with Crippen LogP contribution in [0.1, 0.15) is 35.6 Å². The highest BCUT2D eigenvalue weighted by Crippen LogP contribution is 2.41. The van der Waals surface area contributed by atoms with Crippen molar-refractivity contribution in [3.05, 3.63) is 65.0 Å². The lowest BCUT2D eigenvalue weighted by atomic mass is 9.92. The third kappa shape index (κ3) is 2.98. The van der Waals surface area contributed by atoms with Gasteiger partial charge >= 0.3 is 6.03 Å². The highest BCUT2D eigenvalue weighted by molar-refractivity contribution is 7.99. The van der Waals surface area contributed by atoms with Crippen molar-refractivity contribution >= 4 is 29.6 Å². The predicted octanol–water partition coefficient (Wildman–Crippen LogP) is 2.87. The molecule has 1 spiro atoms. The summed E-state index contributed by atoms with van der Waals surface area (Å²) in [6.45, 7) is -0.358. The second kappa shape index (κ2) is 7.12. The molecule has 2 aromatic rings. The van der Waals surface area contributed by atoms with Crippen LogP contribution in [-0.4, -0.2) is 35.0 Å². The van der Waals surface area contributed by atoms with Crippen molar-refractivity contribution in [1.82, 2.24) is 15.5 Å². The lowest BCUT2D eigenvalue weighted by Gasteiger charge is -2.27. The normalized spacial score (nSPS) is 24.6. The summed E-state index contributed by atoms with van der Waals surface area (Å²) in [7, 11) is 0. The summed E-state index contributed by atoms with van der Waals surface area (Å²) in [4.78, 5) is 40.4. The van der Waals surface area contributed by atoms with E-state index in [0.717, 1.165) is 32.2 Å². The Kier molecular flexibility index (Phi) is 4.54. The molecule has 1 saturated heterocycles. The molecule has 2 N–H and O–H groups in total. The van der Waals surface area contributed by atoms with Crippen molar-refractivity contribution in [3.8, 4) is 0 Å². The van der Waals surface area contributed by atoms with Crippen LogP contribution in [0.2, 0.25) is 0 Å². The van der Waals surface area contributed by atoms with Gasteiger partial charge in [-0.25, -0.2) is 9.18 Å². The molecule has 2 atom stereocenters. The molecule has 1 fully saturated rings. The van der Waals surface area contributed by atoms with E-state index in [1.54, 1.807) is 17.8 Å². The fourth-order valence-electron chi connectivity index (χ4n) is 4.63. The van der Waals surface area contributed by atoms with Crippen molar-refractivity contribution in [2.75, 3.05) is 12.3 Å². The fraction of sp³-hybridized carbons (Fsp3) is 0.318. The van der Waals surface area contributed by atoms with E-state index in [1.165, 1.54) is 12.1 Å². The molecule has 6 nitrogen and oxygen atoms in total. The Morgan fingerprint density at radius 1 is 1.27 bits per heavy atom. The Labute approximate surface area is 177 Å². The molecule has 4 amide bonds. The minimum atomic E-state index is -1.08. The molecule has 8 heteroatoms. The second-order valence-corrected chi connectivity index (χ2v) is 8.96. The van der Waals surface area contributed by atoms with Crippen LogP contribution in [0.25, 0.3) is 0 Å². The van der Waals surface area contributed by atoms with E-state index in [0.29, 0.717) is 19.3 Å². The molecule has 3 aliphatic rings. The van der Waals surface area contributed by atoms with Gasteiger partial charge < -0.3 is 10.6 Å². The Hall–Kier alpha value is -2.87. The monoisotopic (exact) mass is 425 g/mol. The van der Waals surface area contributed by atoms with Crippen LogP contribution in [0.4, 0.5) is 9.18 Å². The summed E-state index contributed by atoms with van der Waals surface area (Å²) in [5, 5.41) is 5.70. The average Bonchev–Trinajstić information content (AvgIpc) is 3.22. The van der Waals surface area contributed by atoms with E-state index in [9.17, 15) is 18.8 Å². The maximum atomic E-state index is 13.7. The van der Waals surface area contributed by atoms with Crippen molar-refractivity contribution < 1.29 is 18.8 Å². The zero-order chi connectivity index (χ0) is 20.9. The molecule has 2 aromatic carbocycles. The summed E-state index contributed by atoms with van der Waals surface area (Å²) in [6.07, 6.45) is 1.84. The van der Waals surface area contributed by atoms with E-state index in [-0.39, 0.29) is 18.4 Å². The molecule has 0 aromatic heterocycles. The number of carbonyl (C=O) groups is 3. The number of carbonyl (C=O) groups excluding carboxylic acids is 3. The Bertz CT molecular complexity index is 1080. The second-order valence-electron chi connectivity index (χ2n) is 7.82. The van der Waals surface area contributed by atoms with Crippen molar-refractivity contribution in [2.45, 2.75) is 35.7 Å². The molecule has 1 aliphatic carbocycles. The Balaban J connectivity index is 1.33. The van der Waals surface area contributed by atoms with Gasteiger partial charge in [-0.3, -0.25) is 14.5 Å². The molecule has 0 saturated carbocycles. The van der Waals surface area contributed by atoms with E-state index < -0.39 is 23.4 Å². The number of rotatable bonds is 3. The van der Waals surface area contributed by atoms with Crippen LogP contribution in [0.3, 0.4) is 0 Å². The van der Waals surface area contributed by atoms with Gasteiger partial charge in [0.2, 0.25) is 5.91 Å². The van der Waals surface area contributed by atoms with Gasteiger partial charge in [-0.2, -0.15) is 0 Å². The van der Waals surface area contributed by atoms with Crippen molar-refractivity contribution in [3.63, 3.8) is 0 Å². The number of aryl methyl sites for hydroxylation is 1. The number of nitrogens with one attached hydrogen (secondary N) is 2. The third-order valence-electron chi connectivity index (χ3n) is 6.07. The first-order valence-electron chi connectivity index (χ1n) is 9.92. The first kappa shape index (κ1) is 19.1. The largest absolute Gasteiger partial charge is 0.348 e. The van der Waals surface area contributed by atoms with Crippen LogP contribution >= 0.6 is 11.8 Å². The quantitative estimate of drug-likeness (QED) is 0.742. The van der Waals surface area contributed by atoms with Crippen LogP contribution in [-0.2, 0) is 21.5 Å². The van der Waals surface area contributed by atoms with Crippen LogP contribution in [0.15, 0.2) is 47.4 Å². The predicted molar refractivity (Wildman–Crippen MR) is 109 cm³/mol. The molecule has 2 heterocycles. The molecular formula is C22H20FN3O3S. The Morgan fingerprint density at radius 2 is 2.10 bits per heavy atom. The van der Waals surface area contributed by atoms with Gasteiger partial charge in [-0.1, -0.05) is 24.3 Å². The molecule has 2 aliphatic heterocycles. The summed E-state index contributed by atoms with van der Waals surface area (Å²) >= 11 is 1.62. The van der Waals surface area contributed by atoms with Crippen LogP contribution in [0.5, 0.6) is 0 Å². The summed E-state index contributed by atoms with van der Waals surface area (Å²) < 4.78 is 13.7. The fourth-order valence-corrected chi connectivity index (χ4v) is 5.74. The van der Waals surface area contributed by atoms with Crippen molar-refractivity contribution in [2.24, 2.45) is 0 Å². The van der Waals surface area contributed by atoms with E-state index in [1.807, 2.05) is 24.3 Å². The highest BCUT2D eigenvalue weighted by atomic mass is 32.2. The number of urea groups is 1. The topological polar surface area (TPSA) is 78.5 Å². The van der Waals surface area contributed by atoms with Gasteiger partial charge in [-0.05, 0) is 54.2 Å². The maximum absolute atomic E-state index is 13.7. The number of amides is 4. The van der Waals surface area contributed by atoms with Gasteiger partial charge in [0.25, 0.3) is 5.91 Å². The molecule has 2 unspecified atom stereocenters. The SMILES string of the molecule is O=C(CN1C(=O)NC2(CCc3ccccc32)C1=O)NC1CCSc2ccc(F)cc21. The van der Waals surface area contributed by atoms with Gasteiger partial charge in [0.1, 0.15) is 17.9 Å². The molecule has 154 valence electrons.